The fourth-order valence-corrected chi connectivity index (χ4v) is 3.82. The van der Waals surface area contributed by atoms with Gasteiger partial charge in [0, 0.05) is 17.6 Å². The zero-order valence-corrected chi connectivity index (χ0v) is 13.1. The summed E-state index contributed by atoms with van der Waals surface area (Å²) in [4.78, 5) is 11.5. The smallest absolute Gasteiger partial charge is 0.240 e. The first-order valence-electron chi connectivity index (χ1n) is 7.22. The van der Waals surface area contributed by atoms with Gasteiger partial charge in [0.05, 0.1) is 4.90 Å². The number of carbonyl (C=O) groups excluding carboxylic acids is 1. The third-order valence-corrected chi connectivity index (χ3v) is 5.41. The maximum Gasteiger partial charge on any atom is 0.240 e. The Morgan fingerprint density at radius 3 is 2.57 bits per heavy atom. The van der Waals surface area contributed by atoms with E-state index in [1.807, 2.05) is 0 Å². The molecule has 1 aromatic rings. The molecule has 1 aromatic carbocycles. The van der Waals surface area contributed by atoms with Crippen LogP contribution in [0, 0.1) is 0 Å². The number of sulfonamides is 1. The van der Waals surface area contributed by atoms with Crippen molar-refractivity contribution in [1.82, 2.24) is 4.72 Å². The number of hydrogen-bond acceptors (Lipinski definition) is 4. The summed E-state index contributed by atoms with van der Waals surface area (Å²) >= 11 is 0. The molecule has 0 aliphatic heterocycles. The molecule has 1 aliphatic carbocycles. The van der Waals surface area contributed by atoms with Crippen LogP contribution in [0.25, 0.3) is 0 Å². The normalized spacial score (nSPS) is 18.4. The number of nitrogens with two attached hydrogens (primary N) is 1. The Balaban J connectivity index is 2.11. The van der Waals surface area contributed by atoms with Gasteiger partial charge in [-0.3, -0.25) is 4.79 Å². The lowest BCUT2D eigenvalue weighted by atomic mass is 9.83. The van der Waals surface area contributed by atoms with Gasteiger partial charge in [-0.2, -0.15) is 0 Å². The summed E-state index contributed by atoms with van der Waals surface area (Å²) in [5.74, 6) is -0.158. The highest BCUT2D eigenvalue weighted by molar-refractivity contribution is 7.89. The second-order valence-electron chi connectivity index (χ2n) is 5.83. The summed E-state index contributed by atoms with van der Waals surface area (Å²) in [6, 6.07) is 6.06. The number of ketones is 1. The third-order valence-electron chi connectivity index (χ3n) is 4.01. The molecule has 1 aliphatic rings. The Labute approximate surface area is 126 Å². The van der Waals surface area contributed by atoms with Crippen LogP contribution in [0.3, 0.4) is 0 Å². The molecule has 1 fully saturated rings. The van der Waals surface area contributed by atoms with Crippen LogP contribution >= 0.6 is 0 Å². The highest BCUT2D eigenvalue weighted by Crippen LogP contribution is 2.25. The molecular weight excluding hydrogens is 288 g/mol. The highest BCUT2D eigenvalue weighted by atomic mass is 32.2. The van der Waals surface area contributed by atoms with Crippen LogP contribution < -0.4 is 10.5 Å². The van der Waals surface area contributed by atoms with Crippen molar-refractivity contribution in [2.75, 3.05) is 6.54 Å². The van der Waals surface area contributed by atoms with Crippen molar-refractivity contribution in [1.29, 1.82) is 0 Å². The van der Waals surface area contributed by atoms with Crippen molar-refractivity contribution in [2.45, 2.75) is 49.5 Å². The minimum atomic E-state index is -3.64. The third kappa shape index (κ3) is 4.12. The van der Waals surface area contributed by atoms with E-state index < -0.39 is 15.6 Å². The topological polar surface area (TPSA) is 89.3 Å². The molecule has 5 nitrogen and oxygen atoms in total. The van der Waals surface area contributed by atoms with Gasteiger partial charge in [-0.25, -0.2) is 13.1 Å². The predicted molar refractivity (Wildman–Crippen MR) is 81.6 cm³/mol. The molecule has 6 heteroatoms. The van der Waals surface area contributed by atoms with Crippen LogP contribution in [-0.4, -0.2) is 26.3 Å². The molecule has 0 radical (unpaired) electrons. The molecule has 2 rings (SSSR count). The molecule has 0 bridgehead atoms. The quantitative estimate of drug-likeness (QED) is 0.812. The van der Waals surface area contributed by atoms with E-state index in [1.165, 1.54) is 19.1 Å². The largest absolute Gasteiger partial charge is 0.324 e. The Kier molecular flexibility index (Phi) is 4.81. The highest BCUT2D eigenvalue weighted by Gasteiger charge is 2.29. The minimum absolute atomic E-state index is 0.106. The van der Waals surface area contributed by atoms with Gasteiger partial charge < -0.3 is 5.73 Å². The summed E-state index contributed by atoms with van der Waals surface area (Å²) in [7, 11) is -3.64. The Hall–Kier alpha value is -1.24. The minimum Gasteiger partial charge on any atom is -0.324 e. The number of Topliss-reactive ketones (excluding diaryl/α,β-unsaturated/α-hetero) is 1. The van der Waals surface area contributed by atoms with Gasteiger partial charge in [-0.1, -0.05) is 31.4 Å². The maximum absolute atomic E-state index is 12.3. The van der Waals surface area contributed by atoms with Gasteiger partial charge in [-0.15, -0.1) is 0 Å². The van der Waals surface area contributed by atoms with Crippen molar-refractivity contribution in [3.8, 4) is 0 Å². The average Bonchev–Trinajstić information content (AvgIpc) is 2.46. The van der Waals surface area contributed by atoms with Crippen LogP contribution in [0.1, 0.15) is 49.4 Å². The maximum atomic E-state index is 12.3. The Morgan fingerprint density at radius 2 is 1.95 bits per heavy atom. The summed E-state index contributed by atoms with van der Waals surface area (Å²) in [5.41, 5.74) is 6.17. The lowest BCUT2D eigenvalue weighted by molar-refractivity contribution is 0.101. The van der Waals surface area contributed by atoms with Gasteiger partial charge in [0.1, 0.15) is 0 Å². The van der Waals surface area contributed by atoms with Gasteiger partial charge >= 0.3 is 0 Å². The standard InChI is InChI=1S/C15H22N2O3S/c1-12(18)13-6-5-7-14(10-13)21(19,20)17-11-15(16)8-3-2-4-9-15/h5-7,10,17H,2-4,8-9,11,16H2,1H3. The lowest BCUT2D eigenvalue weighted by Gasteiger charge is -2.33. The van der Waals surface area contributed by atoms with E-state index in [2.05, 4.69) is 4.72 Å². The molecule has 1 saturated carbocycles. The fraction of sp³-hybridized carbons (Fsp3) is 0.533. The van der Waals surface area contributed by atoms with E-state index in [4.69, 9.17) is 5.73 Å². The second-order valence-corrected chi connectivity index (χ2v) is 7.60. The zero-order chi connectivity index (χ0) is 15.5. The molecule has 0 atom stereocenters. The van der Waals surface area contributed by atoms with E-state index in [0.29, 0.717) is 5.56 Å². The Morgan fingerprint density at radius 1 is 1.29 bits per heavy atom. The lowest BCUT2D eigenvalue weighted by Crippen LogP contribution is -2.51. The number of rotatable bonds is 5. The van der Waals surface area contributed by atoms with Crippen molar-refractivity contribution in [2.24, 2.45) is 5.73 Å². The van der Waals surface area contributed by atoms with E-state index in [1.54, 1.807) is 12.1 Å². The molecule has 0 heterocycles. The molecule has 0 amide bonds. The average molecular weight is 310 g/mol. The van der Waals surface area contributed by atoms with Crippen molar-refractivity contribution in [3.05, 3.63) is 29.8 Å². The first-order valence-corrected chi connectivity index (χ1v) is 8.70. The molecular formula is C15H22N2O3S. The van der Waals surface area contributed by atoms with Crippen molar-refractivity contribution in [3.63, 3.8) is 0 Å². The SMILES string of the molecule is CC(=O)c1cccc(S(=O)(=O)NCC2(N)CCCCC2)c1. The summed E-state index contributed by atoms with van der Waals surface area (Å²) in [6.45, 7) is 1.65. The van der Waals surface area contributed by atoms with Gasteiger partial charge in [0.2, 0.25) is 10.0 Å². The first-order chi connectivity index (χ1) is 9.82. The molecule has 0 spiro atoms. The first kappa shape index (κ1) is 16.1. The van der Waals surface area contributed by atoms with Crippen LogP contribution in [0.15, 0.2) is 29.2 Å². The molecule has 0 aromatic heterocycles. The predicted octanol–water partition coefficient (Wildman–Crippen LogP) is 1.83. The van der Waals surface area contributed by atoms with Crippen molar-refractivity contribution >= 4 is 15.8 Å². The second kappa shape index (κ2) is 6.25. The number of benzene rings is 1. The van der Waals surface area contributed by atoms with Gasteiger partial charge in [0.15, 0.2) is 5.78 Å². The van der Waals surface area contributed by atoms with Crippen molar-refractivity contribution < 1.29 is 13.2 Å². The zero-order valence-electron chi connectivity index (χ0n) is 12.3. The van der Waals surface area contributed by atoms with Crippen LogP contribution in [-0.2, 0) is 10.0 Å². The molecule has 3 N–H and O–H groups in total. The number of nitrogens with one attached hydrogen (secondary N) is 1. The summed E-state index contributed by atoms with van der Waals surface area (Å²) in [6.07, 6.45) is 4.91. The van der Waals surface area contributed by atoms with Gasteiger partial charge in [0.25, 0.3) is 0 Å². The van der Waals surface area contributed by atoms with Crippen LogP contribution in [0.5, 0.6) is 0 Å². The Bertz CT molecular complexity index is 620. The van der Waals surface area contributed by atoms with E-state index in [0.717, 1.165) is 32.1 Å². The van der Waals surface area contributed by atoms with E-state index in [-0.39, 0.29) is 17.2 Å². The number of hydrogen-bond donors (Lipinski definition) is 2. The molecule has 116 valence electrons. The van der Waals surface area contributed by atoms with Crippen LogP contribution in [0.2, 0.25) is 0 Å². The fourth-order valence-electron chi connectivity index (χ4n) is 2.64. The van der Waals surface area contributed by atoms with E-state index in [9.17, 15) is 13.2 Å². The molecule has 0 saturated heterocycles. The van der Waals surface area contributed by atoms with Crippen LogP contribution in [0.4, 0.5) is 0 Å². The van der Waals surface area contributed by atoms with E-state index >= 15 is 0 Å². The summed E-state index contributed by atoms with van der Waals surface area (Å²) < 4.78 is 27.2. The number of carbonyl (C=O) groups is 1. The monoisotopic (exact) mass is 310 g/mol. The summed E-state index contributed by atoms with van der Waals surface area (Å²) in [5, 5.41) is 0. The van der Waals surface area contributed by atoms with Gasteiger partial charge in [-0.05, 0) is 31.9 Å². The molecule has 21 heavy (non-hydrogen) atoms. The molecule has 0 unspecified atom stereocenters.